The molecule has 1 N–H and O–H groups in total. The third-order valence-electron chi connectivity index (χ3n) is 2.08. The Morgan fingerprint density at radius 3 is 2.57 bits per heavy atom. The van der Waals surface area contributed by atoms with Gasteiger partial charge >= 0.3 is 0 Å². The van der Waals surface area contributed by atoms with Crippen LogP contribution in [0.3, 0.4) is 0 Å². The van der Waals surface area contributed by atoms with Crippen LogP contribution in [0.5, 0.6) is 0 Å². The van der Waals surface area contributed by atoms with Gasteiger partial charge in [-0.1, -0.05) is 11.6 Å². The fourth-order valence-electron chi connectivity index (χ4n) is 1.14. The van der Waals surface area contributed by atoms with Gasteiger partial charge in [0.15, 0.2) is 0 Å². The van der Waals surface area contributed by atoms with E-state index in [9.17, 15) is 9.59 Å². The molecule has 2 atom stereocenters. The lowest BCUT2D eigenvalue weighted by molar-refractivity contribution is -0.123. The summed E-state index contributed by atoms with van der Waals surface area (Å²) in [6.45, 7) is 3.55. The highest BCUT2D eigenvalue weighted by Crippen LogP contribution is 2.36. The Hall–Kier alpha value is -0.770. The third-order valence-corrected chi connectivity index (χ3v) is 3.59. The summed E-state index contributed by atoms with van der Waals surface area (Å²) < 4.78 is 0. The van der Waals surface area contributed by atoms with E-state index in [4.69, 9.17) is 0 Å². The number of carbonyl (C=O) groups excluding carboxylic acids is 2. The first-order valence-electron chi connectivity index (χ1n) is 4.59. The lowest BCUT2D eigenvalue weighted by Crippen LogP contribution is -2.31. The second kappa shape index (κ2) is 4.64. The molecule has 1 amide bonds. The molecule has 78 valence electrons. The Labute approximate surface area is 88.3 Å². The Balaban J connectivity index is 2.44. The molecule has 0 radical (unpaired) electrons. The third kappa shape index (κ3) is 3.18. The summed E-state index contributed by atoms with van der Waals surface area (Å²) in [7, 11) is 1.60. The van der Waals surface area contributed by atoms with Crippen LogP contribution in [0.15, 0.2) is 11.6 Å². The van der Waals surface area contributed by atoms with Crippen molar-refractivity contribution in [2.24, 2.45) is 0 Å². The summed E-state index contributed by atoms with van der Waals surface area (Å²) in [6.07, 6.45) is 2.42. The smallest absolute Gasteiger partial charge is 0.233 e. The van der Waals surface area contributed by atoms with E-state index >= 15 is 0 Å². The van der Waals surface area contributed by atoms with Crippen LogP contribution in [-0.4, -0.2) is 29.2 Å². The second-order valence-corrected chi connectivity index (χ2v) is 4.83. The van der Waals surface area contributed by atoms with E-state index < -0.39 is 0 Å². The molecular formula is C10H15NO2S. The predicted molar refractivity (Wildman–Crippen MR) is 58.3 cm³/mol. The van der Waals surface area contributed by atoms with Gasteiger partial charge in [-0.25, -0.2) is 0 Å². The lowest BCUT2D eigenvalue weighted by atomic mass is 10.2. The van der Waals surface area contributed by atoms with Crippen LogP contribution in [-0.2, 0) is 9.59 Å². The Kier molecular flexibility index (Phi) is 3.75. The number of nitrogens with one attached hydrogen (secondary N) is 1. The van der Waals surface area contributed by atoms with Crippen molar-refractivity contribution in [1.29, 1.82) is 0 Å². The predicted octanol–water partition coefficient (Wildman–Crippen LogP) is 1.14. The fourth-order valence-corrected chi connectivity index (χ4v) is 2.57. The van der Waals surface area contributed by atoms with Crippen LogP contribution in [0.1, 0.15) is 20.3 Å². The lowest BCUT2D eigenvalue weighted by Gasteiger charge is -2.13. The van der Waals surface area contributed by atoms with Crippen LogP contribution in [0, 0.1) is 0 Å². The molecule has 0 aliphatic heterocycles. The first-order chi connectivity index (χ1) is 6.54. The van der Waals surface area contributed by atoms with Crippen LogP contribution in [0.4, 0.5) is 0 Å². The van der Waals surface area contributed by atoms with Crippen molar-refractivity contribution in [1.82, 2.24) is 5.32 Å². The zero-order valence-corrected chi connectivity index (χ0v) is 9.48. The molecule has 0 heterocycles. The van der Waals surface area contributed by atoms with Crippen molar-refractivity contribution in [2.45, 2.75) is 30.8 Å². The molecular weight excluding hydrogens is 198 g/mol. The molecule has 0 spiro atoms. The fraction of sp³-hybridized carbons (Fsp3) is 0.600. The standard InChI is InChI=1S/C10H15NO2S/c1-6-4-8(6)14-9(5-7(2)12)10(13)11-3/h4,8-9H,5H2,1-3H3,(H,11,13). The molecule has 1 aliphatic rings. The minimum atomic E-state index is -0.240. The zero-order valence-electron chi connectivity index (χ0n) is 8.66. The Morgan fingerprint density at radius 1 is 1.64 bits per heavy atom. The molecule has 0 saturated carbocycles. The van der Waals surface area contributed by atoms with E-state index in [2.05, 4.69) is 11.4 Å². The summed E-state index contributed by atoms with van der Waals surface area (Å²) in [5.41, 5.74) is 1.30. The molecule has 0 aromatic rings. The van der Waals surface area contributed by atoms with Crippen molar-refractivity contribution < 1.29 is 9.59 Å². The first-order valence-corrected chi connectivity index (χ1v) is 5.53. The highest BCUT2D eigenvalue weighted by molar-refractivity contribution is 8.01. The van der Waals surface area contributed by atoms with Crippen molar-refractivity contribution >= 4 is 23.5 Å². The van der Waals surface area contributed by atoms with Crippen LogP contribution in [0.2, 0.25) is 0 Å². The van der Waals surface area contributed by atoms with Gasteiger partial charge in [0.05, 0.1) is 5.25 Å². The van der Waals surface area contributed by atoms with E-state index in [1.807, 2.05) is 6.92 Å². The molecule has 14 heavy (non-hydrogen) atoms. The van der Waals surface area contributed by atoms with Gasteiger partial charge in [-0.3, -0.25) is 9.59 Å². The molecule has 0 fully saturated rings. The number of carbonyl (C=O) groups is 2. The van der Waals surface area contributed by atoms with E-state index in [-0.39, 0.29) is 16.9 Å². The maximum Gasteiger partial charge on any atom is 0.233 e. The van der Waals surface area contributed by atoms with E-state index in [1.54, 1.807) is 18.8 Å². The second-order valence-electron chi connectivity index (χ2n) is 3.48. The normalized spacial score (nSPS) is 21.1. The summed E-state index contributed by atoms with van der Waals surface area (Å²) in [5, 5.41) is 2.72. The monoisotopic (exact) mass is 213 g/mol. The van der Waals surface area contributed by atoms with Crippen LogP contribution >= 0.6 is 11.8 Å². The molecule has 1 aliphatic carbocycles. The number of hydrogen-bond acceptors (Lipinski definition) is 3. The SMILES string of the molecule is CNC(=O)C(CC(C)=O)SC1C=C1C. The quantitative estimate of drug-likeness (QED) is 0.697. The number of thioether (sulfide) groups is 1. The molecule has 0 aromatic carbocycles. The van der Waals surface area contributed by atoms with Gasteiger partial charge in [-0.05, 0) is 13.8 Å². The van der Waals surface area contributed by atoms with E-state index in [0.29, 0.717) is 11.7 Å². The van der Waals surface area contributed by atoms with Gasteiger partial charge in [-0.2, -0.15) is 0 Å². The molecule has 3 nitrogen and oxygen atoms in total. The Bertz CT molecular complexity index is 286. The minimum absolute atomic E-state index is 0.0571. The average molecular weight is 213 g/mol. The summed E-state index contributed by atoms with van der Waals surface area (Å²) in [5.74, 6) is 0.00250. The van der Waals surface area contributed by atoms with Crippen LogP contribution < -0.4 is 5.32 Å². The van der Waals surface area contributed by atoms with Gasteiger partial charge in [-0.15, -0.1) is 11.8 Å². The molecule has 0 aromatic heterocycles. The molecule has 4 heteroatoms. The zero-order chi connectivity index (χ0) is 10.7. The maximum atomic E-state index is 11.4. The van der Waals surface area contributed by atoms with E-state index in [1.165, 1.54) is 12.5 Å². The largest absolute Gasteiger partial charge is 0.358 e. The summed E-state index contributed by atoms with van der Waals surface area (Å²) >= 11 is 1.55. The number of amides is 1. The molecule has 0 bridgehead atoms. The van der Waals surface area contributed by atoms with Crippen molar-refractivity contribution in [3.8, 4) is 0 Å². The van der Waals surface area contributed by atoms with Crippen LogP contribution in [0.25, 0.3) is 0 Å². The molecule has 1 rings (SSSR count). The molecule has 0 saturated heterocycles. The molecule has 2 unspecified atom stereocenters. The number of Topliss-reactive ketones (excluding diaryl/α,β-unsaturated/α-hetero) is 1. The van der Waals surface area contributed by atoms with Crippen molar-refractivity contribution in [2.75, 3.05) is 7.05 Å². The van der Waals surface area contributed by atoms with Gasteiger partial charge in [0.25, 0.3) is 0 Å². The number of rotatable bonds is 5. The van der Waals surface area contributed by atoms with Gasteiger partial charge in [0, 0.05) is 18.7 Å². The van der Waals surface area contributed by atoms with Crippen molar-refractivity contribution in [3.63, 3.8) is 0 Å². The van der Waals surface area contributed by atoms with Gasteiger partial charge in [0.1, 0.15) is 5.78 Å². The number of ketones is 1. The Morgan fingerprint density at radius 2 is 2.21 bits per heavy atom. The highest BCUT2D eigenvalue weighted by atomic mass is 32.2. The topological polar surface area (TPSA) is 46.2 Å². The summed E-state index contributed by atoms with van der Waals surface area (Å²) in [6, 6.07) is 0. The van der Waals surface area contributed by atoms with E-state index in [0.717, 1.165) is 0 Å². The minimum Gasteiger partial charge on any atom is -0.358 e. The summed E-state index contributed by atoms with van der Waals surface area (Å²) in [4.78, 5) is 22.4. The first kappa shape index (κ1) is 11.3. The highest BCUT2D eigenvalue weighted by Gasteiger charge is 2.29. The maximum absolute atomic E-state index is 11.4. The van der Waals surface area contributed by atoms with Gasteiger partial charge in [0.2, 0.25) is 5.91 Å². The number of hydrogen-bond donors (Lipinski definition) is 1. The van der Waals surface area contributed by atoms with Gasteiger partial charge < -0.3 is 5.32 Å². The van der Waals surface area contributed by atoms with Crippen molar-refractivity contribution in [3.05, 3.63) is 11.6 Å². The average Bonchev–Trinajstić information content (AvgIpc) is 2.78.